The largest absolute Gasteiger partial charge is 0.489 e. The molecule has 0 unspecified atom stereocenters. The van der Waals surface area contributed by atoms with Crippen LogP contribution in [0.15, 0.2) is 46.9 Å². The van der Waals surface area contributed by atoms with Crippen LogP contribution in [-0.4, -0.2) is 11.6 Å². The van der Waals surface area contributed by atoms with Gasteiger partial charge in [0, 0.05) is 10.0 Å². The van der Waals surface area contributed by atoms with Gasteiger partial charge in [0.15, 0.2) is 0 Å². The molecule has 24 heavy (non-hydrogen) atoms. The molecule has 0 aliphatic heterocycles. The Morgan fingerprint density at radius 3 is 2.54 bits per heavy atom. The summed E-state index contributed by atoms with van der Waals surface area (Å²) >= 11 is 3.26. The average Bonchev–Trinajstić information content (AvgIpc) is 2.43. The lowest BCUT2D eigenvalue weighted by atomic mass is 10.1. The Kier molecular flexibility index (Phi) is 5.99. The van der Waals surface area contributed by atoms with Gasteiger partial charge in [-0.2, -0.15) is 0 Å². The highest BCUT2D eigenvalue weighted by atomic mass is 79.9. The molecule has 5 heteroatoms. The van der Waals surface area contributed by atoms with Crippen molar-refractivity contribution in [3.63, 3.8) is 0 Å². The van der Waals surface area contributed by atoms with Gasteiger partial charge >= 0.3 is 5.97 Å². The van der Waals surface area contributed by atoms with Gasteiger partial charge in [-0.15, -0.1) is 0 Å². The molecule has 0 aromatic heterocycles. The lowest BCUT2D eigenvalue weighted by molar-refractivity contribution is -0.153. The van der Waals surface area contributed by atoms with Gasteiger partial charge in [-0.3, -0.25) is 4.79 Å². The van der Waals surface area contributed by atoms with Crippen molar-refractivity contribution in [2.45, 2.75) is 39.4 Å². The molecule has 0 aliphatic rings. The molecular weight excluding hydrogens is 375 g/mol. The standard InChI is InChI=1S/C19H20BrFO3/c1-19(2,3)24-18(22)10-14-6-4-5-7-17(14)23-12-13-8-15(20)11-16(21)9-13/h4-9,11H,10,12H2,1-3H3. The van der Waals surface area contributed by atoms with E-state index in [2.05, 4.69) is 15.9 Å². The van der Waals surface area contributed by atoms with E-state index in [4.69, 9.17) is 9.47 Å². The second kappa shape index (κ2) is 7.79. The molecule has 0 fully saturated rings. The zero-order valence-electron chi connectivity index (χ0n) is 13.9. The van der Waals surface area contributed by atoms with Crippen LogP contribution < -0.4 is 4.74 Å². The number of benzene rings is 2. The zero-order chi connectivity index (χ0) is 17.7. The predicted octanol–water partition coefficient (Wildman–Crippen LogP) is 5.05. The third-order valence-corrected chi connectivity index (χ3v) is 3.50. The molecular formula is C19H20BrFO3. The van der Waals surface area contributed by atoms with Crippen LogP contribution in [0.1, 0.15) is 31.9 Å². The Balaban J connectivity index is 2.07. The van der Waals surface area contributed by atoms with E-state index in [9.17, 15) is 9.18 Å². The summed E-state index contributed by atoms with van der Waals surface area (Å²) in [6, 6.07) is 11.9. The van der Waals surface area contributed by atoms with Crippen LogP contribution in [0.3, 0.4) is 0 Å². The molecule has 0 saturated carbocycles. The SMILES string of the molecule is CC(C)(C)OC(=O)Cc1ccccc1OCc1cc(F)cc(Br)c1. The first kappa shape index (κ1) is 18.5. The van der Waals surface area contributed by atoms with Gasteiger partial charge in [0.25, 0.3) is 0 Å². The maximum atomic E-state index is 13.4. The number of halogens is 2. The molecule has 3 nitrogen and oxygen atoms in total. The lowest BCUT2D eigenvalue weighted by Crippen LogP contribution is -2.25. The first-order valence-electron chi connectivity index (χ1n) is 7.60. The molecule has 128 valence electrons. The van der Waals surface area contributed by atoms with Crippen LogP contribution in [0.25, 0.3) is 0 Å². The summed E-state index contributed by atoms with van der Waals surface area (Å²) in [7, 11) is 0. The highest BCUT2D eigenvalue weighted by Gasteiger charge is 2.18. The molecule has 0 spiro atoms. The van der Waals surface area contributed by atoms with E-state index in [1.807, 2.05) is 39.0 Å². The minimum Gasteiger partial charge on any atom is -0.489 e. The summed E-state index contributed by atoms with van der Waals surface area (Å²) in [5.41, 5.74) is 0.914. The van der Waals surface area contributed by atoms with Crippen LogP contribution in [-0.2, 0) is 22.6 Å². The summed E-state index contributed by atoms with van der Waals surface area (Å²) in [5.74, 6) is -0.0548. The molecule has 0 atom stereocenters. The minimum absolute atomic E-state index is 0.125. The van der Waals surface area contributed by atoms with Gasteiger partial charge in [0.05, 0.1) is 6.42 Å². The van der Waals surface area contributed by atoms with Gasteiger partial charge in [-0.05, 0) is 50.6 Å². The van der Waals surface area contributed by atoms with Crippen molar-refractivity contribution < 1.29 is 18.7 Å². The third-order valence-electron chi connectivity index (χ3n) is 3.04. The van der Waals surface area contributed by atoms with Crippen molar-refractivity contribution in [3.8, 4) is 5.75 Å². The highest BCUT2D eigenvalue weighted by Crippen LogP contribution is 2.22. The quantitative estimate of drug-likeness (QED) is 0.665. The zero-order valence-corrected chi connectivity index (χ0v) is 15.5. The molecule has 0 heterocycles. The molecule has 2 aromatic rings. The number of ether oxygens (including phenoxy) is 2. The molecule has 2 rings (SSSR count). The van der Waals surface area contributed by atoms with Gasteiger partial charge < -0.3 is 9.47 Å². The van der Waals surface area contributed by atoms with Crippen molar-refractivity contribution in [1.29, 1.82) is 0 Å². The van der Waals surface area contributed by atoms with Crippen LogP contribution in [0.4, 0.5) is 4.39 Å². The average molecular weight is 395 g/mol. The summed E-state index contributed by atoms with van der Waals surface area (Å²) in [6.07, 6.45) is 0.125. The van der Waals surface area contributed by atoms with E-state index in [1.54, 1.807) is 12.1 Å². The molecule has 0 amide bonds. The number of hydrogen-bond acceptors (Lipinski definition) is 3. The molecule has 0 aliphatic carbocycles. The van der Waals surface area contributed by atoms with E-state index in [1.165, 1.54) is 12.1 Å². The Morgan fingerprint density at radius 1 is 1.17 bits per heavy atom. The first-order chi connectivity index (χ1) is 11.2. The number of hydrogen-bond donors (Lipinski definition) is 0. The fourth-order valence-corrected chi connectivity index (χ4v) is 2.69. The van der Waals surface area contributed by atoms with Gasteiger partial charge in [0.2, 0.25) is 0 Å². The summed E-state index contributed by atoms with van der Waals surface area (Å²) < 4.78 is 25.2. The fraction of sp³-hybridized carbons (Fsp3) is 0.316. The van der Waals surface area contributed by atoms with Crippen LogP contribution >= 0.6 is 15.9 Å². The molecule has 2 aromatic carbocycles. The number of carbonyl (C=O) groups is 1. The van der Waals surface area contributed by atoms with Gasteiger partial charge in [-0.1, -0.05) is 34.1 Å². The third kappa shape index (κ3) is 5.96. The van der Waals surface area contributed by atoms with E-state index in [-0.39, 0.29) is 24.8 Å². The fourth-order valence-electron chi connectivity index (χ4n) is 2.18. The molecule has 0 bridgehead atoms. The maximum absolute atomic E-state index is 13.4. The van der Waals surface area contributed by atoms with E-state index in [0.717, 1.165) is 5.56 Å². The number of esters is 1. The van der Waals surface area contributed by atoms with Crippen LogP contribution in [0.5, 0.6) is 5.75 Å². The molecule has 0 N–H and O–H groups in total. The molecule has 0 saturated heterocycles. The first-order valence-corrected chi connectivity index (χ1v) is 8.40. The number of carbonyl (C=O) groups excluding carboxylic acids is 1. The van der Waals surface area contributed by atoms with E-state index >= 15 is 0 Å². The van der Waals surface area contributed by atoms with Crippen molar-refractivity contribution in [1.82, 2.24) is 0 Å². The molecule has 0 radical (unpaired) electrons. The summed E-state index contributed by atoms with van der Waals surface area (Å²) in [6.45, 7) is 5.70. The summed E-state index contributed by atoms with van der Waals surface area (Å²) in [4.78, 5) is 12.0. The second-order valence-corrected chi connectivity index (χ2v) is 7.35. The predicted molar refractivity (Wildman–Crippen MR) is 94.4 cm³/mol. The Hall–Kier alpha value is -1.88. The minimum atomic E-state index is -0.527. The summed E-state index contributed by atoms with van der Waals surface area (Å²) in [5, 5.41) is 0. The van der Waals surface area contributed by atoms with Gasteiger partial charge in [-0.25, -0.2) is 4.39 Å². The van der Waals surface area contributed by atoms with Crippen LogP contribution in [0, 0.1) is 5.82 Å². The van der Waals surface area contributed by atoms with Crippen LogP contribution in [0.2, 0.25) is 0 Å². The van der Waals surface area contributed by atoms with Crippen molar-refractivity contribution >= 4 is 21.9 Å². The normalized spacial score (nSPS) is 11.2. The second-order valence-electron chi connectivity index (χ2n) is 6.44. The highest BCUT2D eigenvalue weighted by molar-refractivity contribution is 9.10. The topological polar surface area (TPSA) is 35.5 Å². The van der Waals surface area contributed by atoms with E-state index in [0.29, 0.717) is 15.8 Å². The monoisotopic (exact) mass is 394 g/mol. The van der Waals surface area contributed by atoms with Crippen molar-refractivity contribution in [2.75, 3.05) is 0 Å². The van der Waals surface area contributed by atoms with Gasteiger partial charge in [0.1, 0.15) is 23.8 Å². The Labute approximate surface area is 149 Å². The number of para-hydroxylation sites is 1. The smallest absolute Gasteiger partial charge is 0.310 e. The Morgan fingerprint density at radius 2 is 1.88 bits per heavy atom. The van der Waals surface area contributed by atoms with E-state index < -0.39 is 5.60 Å². The van der Waals surface area contributed by atoms with Crippen molar-refractivity contribution in [2.24, 2.45) is 0 Å². The maximum Gasteiger partial charge on any atom is 0.310 e. The Bertz CT molecular complexity index is 703. The van der Waals surface area contributed by atoms with Crippen molar-refractivity contribution in [3.05, 3.63) is 63.9 Å². The lowest BCUT2D eigenvalue weighted by Gasteiger charge is -2.20. The number of rotatable bonds is 5.